The van der Waals surface area contributed by atoms with Crippen molar-refractivity contribution >= 4 is 29.8 Å². The molecule has 0 N–H and O–H groups in total. The summed E-state index contributed by atoms with van der Waals surface area (Å²) in [6.45, 7) is 5.36. The van der Waals surface area contributed by atoms with Crippen LogP contribution in [-0.4, -0.2) is 21.2 Å². The second-order valence-electron chi connectivity index (χ2n) is 5.04. The Balaban J connectivity index is 2.52. The lowest BCUT2D eigenvalue weighted by molar-refractivity contribution is 0.0530. The van der Waals surface area contributed by atoms with Gasteiger partial charge in [0.05, 0.1) is 22.7 Å². The van der Waals surface area contributed by atoms with E-state index in [-0.39, 0.29) is 5.16 Å². The van der Waals surface area contributed by atoms with Gasteiger partial charge in [-0.25, -0.2) is 14.3 Å². The average molecular weight is 275 g/mol. The van der Waals surface area contributed by atoms with Gasteiger partial charge in [-0.3, -0.25) is 0 Å². The minimum absolute atomic E-state index is 0.235. The van der Waals surface area contributed by atoms with Crippen LogP contribution in [0.5, 0.6) is 0 Å². The van der Waals surface area contributed by atoms with Crippen LogP contribution < -0.4 is 0 Å². The highest BCUT2D eigenvalue weighted by Crippen LogP contribution is 2.21. The lowest BCUT2D eigenvalue weighted by Gasteiger charge is -2.19. The van der Waals surface area contributed by atoms with E-state index in [2.05, 4.69) is 17.6 Å². The van der Waals surface area contributed by atoms with Crippen LogP contribution in [0.2, 0.25) is 0 Å². The fourth-order valence-electron chi connectivity index (χ4n) is 1.62. The molecule has 0 fully saturated rings. The zero-order valence-electron chi connectivity index (χ0n) is 10.8. The first kappa shape index (κ1) is 13.4. The maximum absolute atomic E-state index is 12.1. The first-order valence-electron chi connectivity index (χ1n) is 5.67. The number of hydrogen-bond donors (Lipinski definition) is 1. The number of imidazole rings is 1. The van der Waals surface area contributed by atoms with Gasteiger partial charge in [0.2, 0.25) is 0 Å². The summed E-state index contributed by atoms with van der Waals surface area (Å²) in [4.78, 5) is 16.2. The van der Waals surface area contributed by atoms with Gasteiger partial charge < -0.3 is 4.74 Å². The molecular formula is C13H13N3O2S. The predicted octanol–water partition coefficient (Wildman–Crippen LogP) is 2.98. The van der Waals surface area contributed by atoms with Crippen molar-refractivity contribution in [1.29, 1.82) is 5.26 Å². The van der Waals surface area contributed by atoms with Gasteiger partial charge in [-0.05, 0) is 39.0 Å². The number of carbonyl (C=O) groups is 1. The molecule has 0 saturated heterocycles. The molecule has 0 unspecified atom stereocenters. The third-order valence-corrected chi connectivity index (χ3v) is 2.64. The third kappa shape index (κ3) is 2.71. The van der Waals surface area contributed by atoms with E-state index in [4.69, 9.17) is 10.00 Å². The van der Waals surface area contributed by atoms with Crippen LogP contribution in [-0.2, 0) is 4.74 Å². The van der Waals surface area contributed by atoms with Gasteiger partial charge in [-0.2, -0.15) is 5.26 Å². The Morgan fingerprint density at radius 1 is 1.47 bits per heavy atom. The van der Waals surface area contributed by atoms with E-state index in [0.717, 1.165) is 0 Å². The molecule has 0 aliphatic rings. The minimum atomic E-state index is -0.597. The molecular weight excluding hydrogens is 262 g/mol. The van der Waals surface area contributed by atoms with Crippen molar-refractivity contribution in [2.45, 2.75) is 31.5 Å². The number of thiol groups is 1. The molecule has 19 heavy (non-hydrogen) atoms. The molecule has 0 radical (unpaired) electrons. The van der Waals surface area contributed by atoms with Crippen LogP contribution >= 0.6 is 12.6 Å². The fourth-order valence-corrected chi connectivity index (χ4v) is 1.92. The minimum Gasteiger partial charge on any atom is -0.443 e. The van der Waals surface area contributed by atoms with Crippen LogP contribution in [0.15, 0.2) is 23.4 Å². The van der Waals surface area contributed by atoms with Crippen molar-refractivity contribution in [3.8, 4) is 6.07 Å². The number of fused-ring (bicyclic) bond motifs is 1. The largest absolute Gasteiger partial charge is 0.443 e. The van der Waals surface area contributed by atoms with Crippen LogP contribution in [0.25, 0.3) is 11.0 Å². The molecule has 2 rings (SSSR count). The van der Waals surface area contributed by atoms with E-state index in [9.17, 15) is 4.79 Å². The molecule has 1 heterocycles. The number of benzene rings is 1. The van der Waals surface area contributed by atoms with E-state index in [1.165, 1.54) is 4.57 Å². The summed E-state index contributed by atoms with van der Waals surface area (Å²) in [5.74, 6) is 0. The van der Waals surface area contributed by atoms with Crippen molar-refractivity contribution in [3.05, 3.63) is 23.8 Å². The SMILES string of the molecule is CC(C)(C)OC(=O)n1c(S)nc2cc(C#N)ccc21. The highest BCUT2D eigenvalue weighted by Gasteiger charge is 2.22. The Hall–Kier alpha value is -2.00. The molecule has 0 saturated carbocycles. The molecule has 98 valence electrons. The summed E-state index contributed by atoms with van der Waals surface area (Å²) in [7, 11) is 0. The van der Waals surface area contributed by atoms with E-state index in [1.807, 2.05) is 6.07 Å². The van der Waals surface area contributed by atoms with Gasteiger partial charge in [-0.1, -0.05) is 0 Å². The number of nitrogens with zero attached hydrogens (tertiary/aromatic N) is 3. The molecule has 1 aromatic heterocycles. The molecule has 0 atom stereocenters. The van der Waals surface area contributed by atoms with Gasteiger partial charge in [0.15, 0.2) is 5.16 Å². The second-order valence-corrected chi connectivity index (χ2v) is 5.44. The van der Waals surface area contributed by atoms with Gasteiger partial charge >= 0.3 is 6.09 Å². The van der Waals surface area contributed by atoms with Crippen LogP contribution in [0.1, 0.15) is 26.3 Å². The number of carbonyl (C=O) groups excluding carboxylic acids is 1. The Bertz CT molecular complexity index is 692. The van der Waals surface area contributed by atoms with Crippen molar-refractivity contribution in [2.75, 3.05) is 0 Å². The molecule has 0 aliphatic carbocycles. The number of aromatic nitrogens is 2. The highest BCUT2D eigenvalue weighted by atomic mass is 32.1. The standard InChI is InChI=1S/C13H13N3O2S/c1-13(2,3)18-12(17)16-10-5-4-8(7-14)6-9(10)15-11(16)19/h4-6H,1-3H3,(H,15,19). The normalized spacial score (nSPS) is 11.3. The Morgan fingerprint density at radius 2 is 2.16 bits per heavy atom. The van der Waals surface area contributed by atoms with Crippen molar-refractivity contribution in [1.82, 2.24) is 9.55 Å². The topological polar surface area (TPSA) is 67.9 Å². The summed E-state index contributed by atoms with van der Waals surface area (Å²) >= 11 is 4.18. The quantitative estimate of drug-likeness (QED) is 0.750. The zero-order valence-corrected chi connectivity index (χ0v) is 11.7. The van der Waals surface area contributed by atoms with E-state index in [1.54, 1.807) is 39.0 Å². The number of hydrogen-bond acceptors (Lipinski definition) is 5. The Labute approximate surface area is 116 Å². The maximum Gasteiger partial charge on any atom is 0.421 e. The van der Waals surface area contributed by atoms with Crippen LogP contribution in [0.3, 0.4) is 0 Å². The molecule has 5 nitrogen and oxygen atoms in total. The lowest BCUT2D eigenvalue weighted by atomic mass is 10.2. The molecule has 2 aromatic rings. The summed E-state index contributed by atoms with van der Waals surface area (Å²) in [6, 6.07) is 6.91. The number of nitriles is 1. The van der Waals surface area contributed by atoms with Crippen molar-refractivity contribution in [2.24, 2.45) is 0 Å². The maximum atomic E-state index is 12.1. The first-order chi connectivity index (χ1) is 8.81. The molecule has 0 aliphatic heterocycles. The molecule has 6 heteroatoms. The Morgan fingerprint density at radius 3 is 2.74 bits per heavy atom. The van der Waals surface area contributed by atoms with Gasteiger partial charge in [0, 0.05) is 0 Å². The predicted molar refractivity (Wildman–Crippen MR) is 73.3 cm³/mol. The summed E-state index contributed by atoms with van der Waals surface area (Å²) in [5.41, 5.74) is 0.989. The lowest BCUT2D eigenvalue weighted by Crippen LogP contribution is -2.27. The van der Waals surface area contributed by atoms with Gasteiger partial charge in [-0.15, -0.1) is 12.6 Å². The van der Waals surface area contributed by atoms with Gasteiger partial charge in [0.25, 0.3) is 0 Å². The molecule has 1 aromatic carbocycles. The van der Waals surface area contributed by atoms with E-state index >= 15 is 0 Å². The summed E-state index contributed by atoms with van der Waals surface area (Å²) in [6.07, 6.45) is -0.537. The van der Waals surface area contributed by atoms with Crippen LogP contribution in [0, 0.1) is 11.3 Å². The Kier molecular flexibility index (Phi) is 3.25. The summed E-state index contributed by atoms with van der Waals surface area (Å²) in [5, 5.41) is 9.08. The zero-order chi connectivity index (χ0) is 14.2. The third-order valence-electron chi connectivity index (χ3n) is 2.34. The smallest absolute Gasteiger partial charge is 0.421 e. The van der Waals surface area contributed by atoms with Crippen molar-refractivity contribution < 1.29 is 9.53 Å². The summed E-state index contributed by atoms with van der Waals surface area (Å²) < 4.78 is 6.58. The monoisotopic (exact) mass is 275 g/mol. The molecule has 0 spiro atoms. The van der Waals surface area contributed by atoms with Gasteiger partial charge in [0.1, 0.15) is 5.60 Å². The number of rotatable bonds is 0. The molecule has 0 amide bonds. The average Bonchev–Trinajstić information content (AvgIpc) is 2.61. The van der Waals surface area contributed by atoms with Crippen molar-refractivity contribution in [3.63, 3.8) is 0 Å². The molecule has 0 bridgehead atoms. The van der Waals surface area contributed by atoms with E-state index in [0.29, 0.717) is 16.6 Å². The highest BCUT2D eigenvalue weighted by molar-refractivity contribution is 7.80. The van der Waals surface area contributed by atoms with Crippen LogP contribution in [0.4, 0.5) is 4.79 Å². The van der Waals surface area contributed by atoms with E-state index < -0.39 is 11.7 Å². The second kappa shape index (κ2) is 4.59. The fraction of sp³-hybridized carbons (Fsp3) is 0.308. The number of ether oxygens (including phenoxy) is 1. The first-order valence-corrected chi connectivity index (χ1v) is 6.11.